The van der Waals surface area contributed by atoms with Crippen LogP contribution in [0.25, 0.3) is 11.1 Å². The van der Waals surface area contributed by atoms with Gasteiger partial charge >= 0.3 is 0 Å². The molecule has 2 aromatic rings. The molecule has 0 unspecified atom stereocenters. The summed E-state index contributed by atoms with van der Waals surface area (Å²) in [5.41, 5.74) is 4.50. The lowest BCUT2D eigenvalue weighted by Gasteiger charge is -2.15. The van der Waals surface area contributed by atoms with Crippen LogP contribution in [-0.4, -0.2) is 32.1 Å². The summed E-state index contributed by atoms with van der Waals surface area (Å²) in [5.74, 6) is 2.23. The Balaban J connectivity index is 1.94. The highest BCUT2D eigenvalue weighted by Gasteiger charge is 2.21. The number of rotatable bonds is 1. The van der Waals surface area contributed by atoms with Gasteiger partial charge in [-0.25, -0.2) is 0 Å². The summed E-state index contributed by atoms with van der Waals surface area (Å²) in [4.78, 5) is 0. The summed E-state index contributed by atoms with van der Waals surface area (Å²) in [6.07, 6.45) is 1.76. The van der Waals surface area contributed by atoms with E-state index in [1.807, 2.05) is 12.1 Å². The van der Waals surface area contributed by atoms with Crippen molar-refractivity contribution in [1.82, 2.24) is 5.32 Å². The minimum absolute atomic E-state index is 0.174. The van der Waals surface area contributed by atoms with Gasteiger partial charge in [0.05, 0.1) is 7.11 Å². The normalized spacial score (nSPS) is 15.9. The zero-order valence-corrected chi connectivity index (χ0v) is 13.0. The molecule has 0 bridgehead atoms. The molecule has 2 aliphatic heterocycles. The molecule has 4 rings (SSSR count). The molecule has 120 valence electrons. The number of benzene rings is 2. The van der Waals surface area contributed by atoms with E-state index >= 15 is 0 Å². The number of aromatic hydroxyl groups is 1. The van der Waals surface area contributed by atoms with Gasteiger partial charge in [0, 0.05) is 0 Å². The van der Waals surface area contributed by atoms with E-state index in [-0.39, 0.29) is 12.5 Å². The predicted octanol–water partition coefficient (Wildman–Crippen LogP) is 2.48. The minimum atomic E-state index is 0.174. The molecule has 2 heterocycles. The summed E-state index contributed by atoms with van der Waals surface area (Å²) in [6.45, 7) is 2.05. The molecule has 0 saturated carbocycles. The molecule has 2 aliphatic rings. The van der Waals surface area contributed by atoms with Crippen LogP contribution in [0.5, 0.6) is 23.0 Å². The standard InChI is InChI=1S/C18H19NO4/c1-21-16-8-13-11(6-15(16)20)2-4-19-5-3-12-7-17-18(9-14(12)13)23-10-22-17/h6-9,19-20H,2-5,10H2,1H3. The second-order valence-electron chi connectivity index (χ2n) is 5.79. The number of fused-ring (bicyclic) bond motifs is 4. The highest BCUT2D eigenvalue weighted by molar-refractivity contribution is 5.77. The van der Waals surface area contributed by atoms with Crippen molar-refractivity contribution in [3.05, 3.63) is 35.4 Å². The first-order valence-electron chi connectivity index (χ1n) is 7.80. The third kappa shape index (κ3) is 2.47. The van der Waals surface area contributed by atoms with Crippen molar-refractivity contribution in [2.75, 3.05) is 27.0 Å². The van der Waals surface area contributed by atoms with Crippen LogP contribution >= 0.6 is 0 Å². The summed E-state index contributed by atoms with van der Waals surface area (Å²) >= 11 is 0. The maximum absolute atomic E-state index is 10.1. The van der Waals surface area contributed by atoms with Gasteiger partial charge in [-0.15, -0.1) is 0 Å². The van der Waals surface area contributed by atoms with Gasteiger partial charge in [0.1, 0.15) is 0 Å². The lowest BCUT2D eigenvalue weighted by atomic mass is 9.92. The maximum Gasteiger partial charge on any atom is 0.231 e. The molecular formula is C18H19NO4. The summed E-state index contributed by atoms with van der Waals surface area (Å²) in [7, 11) is 1.57. The molecule has 0 radical (unpaired) electrons. The van der Waals surface area contributed by atoms with Crippen molar-refractivity contribution in [2.24, 2.45) is 0 Å². The van der Waals surface area contributed by atoms with Gasteiger partial charge in [-0.3, -0.25) is 0 Å². The molecule has 0 amide bonds. The Morgan fingerprint density at radius 2 is 1.61 bits per heavy atom. The van der Waals surface area contributed by atoms with Crippen LogP contribution in [0, 0.1) is 0 Å². The van der Waals surface area contributed by atoms with E-state index in [4.69, 9.17) is 14.2 Å². The number of phenols is 1. The molecule has 23 heavy (non-hydrogen) atoms. The van der Waals surface area contributed by atoms with Gasteiger partial charge in [-0.2, -0.15) is 0 Å². The van der Waals surface area contributed by atoms with Crippen LogP contribution in [0.15, 0.2) is 24.3 Å². The smallest absolute Gasteiger partial charge is 0.231 e. The lowest BCUT2D eigenvalue weighted by Crippen LogP contribution is -2.19. The van der Waals surface area contributed by atoms with E-state index in [0.29, 0.717) is 5.75 Å². The van der Waals surface area contributed by atoms with Crippen LogP contribution in [0.1, 0.15) is 11.1 Å². The van der Waals surface area contributed by atoms with Crippen molar-refractivity contribution in [3.8, 4) is 34.1 Å². The van der Waals surface area contributed by atoms with Crippen molar-refractivity contribution < 1.29 is 19.3 Å². The Morgan fingerprint density at radius 3 is 2.35 bits per heavy atom. The third-order valence-electron chi connectivity index (χ3n) is 4.44. The zero-order chi connectivity index (χ0) is 15.8. The number of phenolic OH excluding ortho intramolecular Hbond substituents is 1. The van der Waals surface area contributed by atoms with Crippen LogP contribution in [0.3, 0.4) is 0 Å². The first-order valence-corrected chi connectivity index (χ1v) is 7.80. The molecule has 0 spiro atoms. The number of nitrogens with one attached hydrogen (secondary N) is 1. The van der Waals surface area contributed by atoms with E-state index in [2.05, 4.69) is 11.4 Å². The van der Waals surface area contributed by atoms with Crippen molar-refractivity contribution in [3.63, 3.8) is 0 Å². The number of ether oxygens (including phenoxy) is 3. The third-order valence-corrected chi connectivity index (χ3v) is 4.44. The van der Waals surface area contributed by atoms with Gasteiger partial charge in [-0.1, -0.05) is 0 Å². The first kappa shape index (κ1) is 14.2. The molecule has 0 aromatic heterocycles. The number of hydrogen-bond donors (Lipinski definition) is 2. The number of methoxy groups -OCH3 is 1. The molecule has 0 saturated heterocycles. The summed E-state index contributed by atoms with van der Waals surface area (Å²) < 4.78 is 16.4. The first-order chi connectivity index (χ1) is 11.3. The van der Waals surface area contributed by atoms with Crippen molar-refractivity contribution in [1.29, 1.82) is 0 Å². The Morgan fingerprint density at radius 1 is 0.957 bits per heavy atom. The average Bonchev–Trinajstić information content (AvgIpc) is 3.02. The maximum atomic E-state index is 10.1. The van der Waals surface area contributed by atoms with Crippen molar-refractivity contribution in [2.45, 2.75) is 12.8 Å². The van der Waals surface area contributed by atoms with Gasteiger partial charge in [0.15, 0.2) is 23.0 Å². The van der Waals surface area contributed by atoms with Gasteiger partial charge in [0.25, 0.3) is 0 Å². The average molecular weight is 313 g/mol. The van der Waals surface area contributed by atoms with E-state index in [1.54, 1.807) is 13.2 Å². The zero-order valence-electron chi connectivity index (χ0n) is 13.0. The Kier molecular flexibility index (Phi) is 3.50. The SMILES string of the molecule is COc1cc2c(cc1O)CCNCCc1cc3c(cc1-2)OCO3. The minimum Gasteiger partial charge on any atom is -0.504 e. The Hall–Kier alpha value is -2.40. The molecule has 2 N–H and O–H groups in total. The highest BCUT2D eigenvalue weighted by Crippen LogP contribution is 2.42. The monoisotopic (exact) mass is 313 g/mol. The van der Waals surface area contributed by atoms with E-state index in [0.717, 1.165) is 54.1 Å². The fourth-order valence-electron chi connectivity index (χ4n) is 3.25. The van der Waals surface area contributed by atoms with Crippen molar-refractivity contribution >= 4 is 0 Å². The second-order valence-corrected chi connectivity index (χ2v) is 5.79. The molecule has 0 atom stereocenters. The van der Waals surface area contributed by atoms with E-state index < -0.39 is 0 Å². The van der Waals surface area contributed by atoms with Crippen LogP contribution in [-0.2, 0) is 12.8 Å². The van der Waals surface area contributed by atoms with Crippen LogP contribution in [0.2, 0.25) is 0 Å². The largest absolute Gasteiger partial charge is 0.504 e. The quantitative estimate of drug-likeness (QED) is 0.847. The Labute approximate surface area is 134 Å². The lowest BCUT2D eigenvalue weighted by molar-refractivity contribution is 0.174. The predicted molar refractivity (Wildman–Crippen MR) is 86.5 cm³/mol. The Bertz CT molecular complexity index is 748. The van der Waals surface area contributed by atoms with Gasteiger partial charge in [0.2, 0.25) is 6.79 Å². The summed E-state index contributed by atoms with van der Waals surface area (Å²) in [5, 5.41) is 13.6. The van der Waals surface area contributed by atoms with E-state index in [9.17, 15) is 5.11 Å². The van der Waals surface area contributed by atoms with Crippen LogP contribution in [0.4, 0.5) is 0 Å². The van der Waals surface area contributed by atoms with Crippen LogP contribution < -0.4 is 19.5 Å². The van der Waals surface area contributed by atoms with Gasteiger partial charge in [-0.05, 0) is 72.5 Å². The number of hydrogen-bond acceptors (Lipinski definition) is 5. The second kappa shape index (κ2) is 5.66. The fourth-order valence-corrected chi connectivity index (χ4v) is 3.25. The topological polar surface area (TPSA) is 60.0 Å². The fraction of sp³-hybridized carbons (Fsp3) is 0.333. The molecule has 0 aliphatic carbocycles. The molecule has 5 heteroatoms. The molecule has 2 aromatic carbocycles. The van der Waals surface area contributed by atoms with Gasteiger partial charge < -0.3 is 24.6 Å². The summed E-state index contributed by atoms with van der Waals surface area (Å²) in [6, 6.07) is 7.82. The highest BCUT2D eigenvalue weighted by atomic mass is 16.7. The molecule has 0 fully saturated rings. The van der Waals surface area contributed by atoms with E-state index in [1.165, 1.54) is 5.56 Å². The molecular weight excluding hydrogens is 294 g/mol. The molecule has 5 nitrogen and oxygen atoms in total.